The zero-order valence-electron chi connectivity index (χ0n) is 8.02. The molecule has 0 fully saturated rings. The standard InChI is InChI=1S/C9H10N2O4/c1-5(13)11-8-7(4-12)2-6(3-10-8)9(14)15/h2-3,12H,4H2,1H3,(H,14,15)(H,10,11,13). The first-order valence-electron chi connectivity index (χ1n) is 4.15. The van der Waals surface area contributed by atoms with Gasteiger partial charge in [-0.2, -0.15) is 0 Å². The predicted molar refractivity (Wildman–Crippen MR) is 51.4 cm³/mol. The Morgan fingerprint density at radius 1 is 1.53 bits per heavy atom. The number of pyridine rings is 1. The molecule has 15 heavy (non-hydrogen) atoms. The minimum absolute atomic E-state index is 0.0341. The van der Waals surface area contributed by atoms with Crippen molar-refractivity contribution in [2.75, 3.05) is 5.32 Å². The number of nitrogens with one attached hydrogen (secondary N) is 1. The normalized spacial score (nSPS) is 9.73. The van der Waals surface area contributed by atoms with Gasteiger partial charge in [-0.05, 0) is 6.07 Å². The van der Waals surface area contributed by atoms with Crippen molar-refractivity contribution in [2.45, 2.75) is 13.5 Å². The van der Waals surface area contributed by atoms with Crippen LogP contribution in [0.25, 0.3) is 0 Å². The van der Waals surface area contributed by atoms with Crippen molar-refractivity contribution in [3.63, 3.8) is 0 Å². The molecule has 0 bridgehead atoms. The minimum atomic E-state index is -1.13. The van der Waals surface area contributed by atoms with Crippen molar-refractivity contribution in [1.82, 2.24) is 4.98 Å². The minimum Gasteiger partial charge on any atom is -0.478 e. The number of carbonyl (C=O) groups excluding carboxylic acids is 1. The lowest BCUT2D eigenvalue weighted by atomic mass is 10.2. The fraction of sp³-hybridized carbons (Fsp3) is 0.222. The number of rotatable bonds is 3. The molecular formula is C9H10N2O4. The van der Waals surface area contributed by atoms with Crippen LogP contribution in [0.4, 0.5) is 5.82 Å². The lowest BCUT2D eigenvalue weighted by Gasteiger charge is -2.06. The molecule has 0 aromatic carbocycles. The molecule has 0 unspecified atom stereocenters. The van der Waals surface area contributed by atoms with Gasteiger partial charge in [0.1, 0.15) is 5.82 Å². The van der Waals surface area contributed by atoms with Gasteiger partial charge in [0.05, 0.1) is 12.2 Å². The largest absolute Gasteiger partial charge is 0.478 e. The Kier molecular flexibility index (Phi) is 3.35. The molecule has 0 aliphatic heterocycles. The number of anilines is 1. The summed E-state index contributed by atoms with van der Waals surface area (Å²) in [6.45, 7) is 0.914. The summed E-state index contributed by atoms with van der Waals surface area (Å²) in [5.74, 6) is -1.29. The van der Waals surface area contributed by atoms with E-state index in [0.717, 1.165) is 6.20 Å². The topological polar surface area (TPSA) is 99.5 Å². The van der Waals surface area contributed by atoms with Gasteiger partial charge in [-0.15, -0.1) is 0 Å². The third-order valence-corrected chi connectivity index (χ3v) is 1.68. The second kappa shape index (κ2) is 4.52. The maximum absolute atomic E-state index is 10.8. The first-order chi connectivity index (χ1) is 7.04. The summed E-state index contributed by atoms with van der Waals surface area (Å²) in [6, 6.07) is 1.26. The number of aromatic carboxylic acids is 1. The van der Waals surface area contributed by atoms with Gasteiger partial charge in [0.25, 0.3) is 0 Å². The number of nitrogens with zero attached hydrogens (tertiary/aromatic N) is 1. The van der Waals surface area contributed by atoms with Gasteiger partial charge < -0.3 is 15.5 Å². The molecule has 0 saturated carbocycles. The van der Waals surface area contributed by atoms with Gasteiger partial charge in [-0.25, -0.2) is 9.78 Å². The zero-order chi connectivity index (χ0) is 11.4. The first kappa shape index (κ1) is 11.1. The predicted octanol–water partition coefficient (Wildman–Crippen LogP) is 0.230. The van der Waals surface area contributed by atoms with E-state index in [4.69, 9.17) is 10.2 Å². The maximum atomic E-state index is 10.8. The van der Waals surface area contributed by atoms with Crippen LogP contribution in [0, 0.1) is 0 Å². The lowest BCUT2D eigenvalue weighted by Crippen LogP contribution is -2.11. The smallest absolute Gasteiger partial charge is 0.337 e. The molecule has 1 aromatic rings. The average Bonchev–Trinajstić information content (AvgIpc) is 2.17. The van der Waals surface area contributed by atoms with Gasteiger partial charge in [0.15, 0.2) is 0 Å². The van der Waals surface area contributed by atoms with Crippen molar-refractivity contribution >= 4 is 17.7 Å². The summed E-state index contributed by atoms with van der Waals surface area (Å²) in [5.41, 5.74) is 0.234. The van der Waals surface area contributed by atoms with Crippen LogP contribution in [0.15, 0.2) is 12.3 Å². The highest BCUT2D eigenvalue weighted by Crippen LogP contribution is 2.14. The van der Waals surface area contributed by atoms with Crippen molar-refractivity contribution in [1.29, 1.82) is 0 Å². The van der Waals surface area contributed by atoms with Crippen molar-refractivity contribution < 1.29 is 19.8 Å². The summed E-state index contributed by atoms with van der Waals surface area (Å²) in [7, 11) is 0. The van der Waals surface area contributed by atoms with Crippen molar-refractivity contribution in [3.05, 3.63) is 23.4 Å². The Morgan fingerprint density at radius 3 is 2.67 bits per heavy atom. The molecule has 0 spiro atoms. The van der Waals surface area contributed by atoms with Gasteiger partial charge in [-0.1, -0.05) is 0 Å². The highest BCUT2D eigenvalue weighted by Gasteiger charge is 2.09. The summed E-state index contributed by atoms with van der Waals surface area (Å²) in [4.78, 5) is 25.1. The fourth-order valence-corrected chi connectivity index (χ4v) is 1.03. The number of amides is 1. The molecule has 80 valence electrons. The van der Waals surface area contributed by atoms with Crippen LogP contribution >= 0.6 is 0 Å². The van der Waals surface area contributed by atoms with Crippen LogP contribution in [-0.2, 0) is 11.4 Å². The number of aliphatic hydroxyl groups excluding tert-OH is 1. The van der Waals surface area contributed by atoms with Gasteiger partial charge in [0, 0.05) is 18.7 Å². The average molecular weight is 210 g/mol. The SMILES string of the molecule is CC(=O)Nc1ncc(C(=O)O)cc1CO. The lowest BCUT2D eigenvalue weighted by molar-refractivity contribution is -0.114. The van der Waals surface area contributed by atoms with E-state index >= 15 is 0 Å². The van der Waals surface area contributed by atoms with Crippen LogP contribution < -0.4 is 5.32 Å². The van der Waals surface area contributed by atoms with E-state index < -0.39 is 5.97 Å². The number of carboxylic acids is 1. The second-order valence-electron chi connectivity index (χ2n) is 2.88. The van der Waals surface area contributed by atoms with Gasteiger partial charge in [-0.3, -0.25) is 4.79 Å². The van der Waals surface area contributed by atoms with E-state index in [9.17, 15) is 9.59 Å². The number of hydrogen-bond acceptors (Lipinski definition) is 4. The molecule has 0 aliphatic carbocycles. The quantitative estimate of drug-likeness (QED) is 0.663. The Hall–Kier alpha value is -1.95. The van der Waals surface area contributed by atoms with E-state index in [0.29, 0.717) is 0 Å². The van der Waals surface area contributed by atoms with Crippen LogP contribution in [0.3, 0.4) is 0 Å². The second-order valence-corrected chi connectivity index (χ2v) is 2.88. The van der Waals surface area contributed by atoms with Gasteiger partial charge in [0.2, 0.25) is 5.91 Å². The molecule has 1 heterocycles. The zero-order valence-corrected chi connectivity index (χ0v) is 8.02. The Labute approximate surface area is 85.6 Å². The molecule has 0 atom stereocenters. The van der Waals surface area contributed by atoms with Crippen molar-refractivity contribution in [2.24, 2.45) is 0 Å². The number of carbonyl (C=O) groups is 2. The third-order valence-electron chi connectivity index (χ3n) is 1.68. The monoisotopic (exact) mass is 210 g/mol. The Morgan fingerprint density at radius 2 is 2.20 bits per heavy atom. The Balaban J connectivity index is 3.08. The number of carboxylic acid groups (broad SMARTS) is 1. The van der Waals surface area contributed by atoms with Crippen LogP contribution in [0.2, 0.25) is 0 Å². The number of hydrogen-bond donors (Lipinski definition) is 3. The summed E-state index contributed by atoms with van der Waals surface area (Å²) in [5, 5.41) is 20.0. The van der Waals surface area contributed by atoms with E-state index in [1.807, 2.05) is 0 Å². The molecule has 0 aliphatic rings. The van der Waals surface area contributed by atoms with Crippen LogP contribution in [0.1, 0.15) is 22.8 Å². The molecule has 6 heteroatoms. The fourth-order valence-electron chi connectivity index (χ4n) is 1.03. The molecule has 0 saturated heterocycles. The first-order valence-corrected chi connectivity index (χ1v) is 4.15. The van der Waals surface area contributed by atoms with E-state index in [-0.39, 0.29) is 29.5 Å². The van der Waals surface area contributed by atoms with Crippen LogP contribution in [0.5, 0.6) is 0 Å². The van der Waals surface area contributed by atoms with E-state index in [1.165, 1.54) is 13.0 Å². The Bertz CT molecular complexity index is 403. The maximum Gasteiger partial charge on any atom is 0.337 e. The van der Waals surface area contributed by atoms with Gasteiger partial charge >= 0.3 is 5.97 Å². The summed E-state index contributed by atoms with van der Waals surface area (Å²) in [6.07, 6.45) is 1.12. The molecule has 1 aromatic heterocycles. The van der Waals surface area contributed by atoms with E-state index in [2.05, 4.69) is 10.3 Å². The molecule has 1 amide bonds. The summed E-state index contributed by atoms with van der Waals surface area (Å²) < 4.78 is 0. The number of aromatic nitrogens is 1. The van der Waals surface area contributed by atoms with Crippen LogP contribution in [-0.4, -0.2) is 27.1 Å². The molecular weight excluding hydrogens is 200 g/mol. The molecule has 1 rings (SSSR count). The van der Waals surface area contributed by atoms with Crippen molar-refractivity contribution in [3.8, 4) is 0 Å². The third kappa shape index (κ3) is 2.75. The molecule has 6 nitrogen and oxygen atoms in total. The highest BCUT2D eigenvalue weighted by atomic mass is 16.4. The summed E-state index contributed by atoms with van der Waals surface area (Å²) >= 11 is 0. The molecule has 0 radical (unpaired) electrons. The molecule has 3 N–H and O–H groups in total. The number of aliphatic hydroxyl groups is 1. The van der Waals surface area contributed by atoms with E-state index in [1.54, 1.807) is 0 Å². The highest BCUT2D eigenvalue weighted by molar-refractivity contribution is 5.90.